The Morgan fingerprint density at radius 1 is 0.778 bits per heavy atom. The van der Waals surface area contributed by atoms with E-state index in [1.165, 1.54) is 59.8 Å². The molecule has 10 heteroatoms. The van der Waals surface area contributed by atoms with Gasteiger partial charge in [0.05, 0.1) is 46.2 Å². The van der Waals surface area contributed by atoms with Crippen molar-refractivity contribution in [3.05, 3.63) is 65.0 Å². The predicted octanol–water partition coefficient (Wildman–Crippen LogP) is 4.72. The fourth-order valence-corrected chi connectivity index (χ4v) is 5.07. The molecule has 0 bridgehead atoms. The van der Waals surface area contributed by atoms with Gasteiger partial charge in [0.15, 0.2) is 44.4 Å². The number of aromatic hydroxyl groups is 1. The fraction of sp³-hybridized carbons (Fsp3) is 0.231. The molecule has 3 aromatic rings. The van der Waals surface area contributed by atoms with Crippen molar-refractivity contribution >= 4 is 22.0 Å². The van der Waals surface area contributed by atoms with Crippen molar-refractivity contribution in [3.63, 3.8) is 0 Å². The summed E-state index contributed by atoms with van der Waals surface area (Å²) < 4.78 is 67.2. The molecule has 0 spiro atoms. The lowest BCUT2D eigenvalue weighted by Gasteiger charge is -2.15. The summed E-state index contributed by atoms with van der Waals surface area (Å²) in [7, 11) is 3.11. The molecule has 0 aromatic heterocycles. The molecule has 1 N–H and O–H groups in total. The van der Waals surface area contributed by atoms with E-state index in [1.807, 2.05) is 0 Å². The van der Waals surface area contributed by atoms with Crippen molar-refractivity contribution in [2.75, 3.05) is 35.5 Å². The second-order valence-electron chi connectivity index (χ2n) is 7.53. The highest BCUT2D eigenvalue weighted by molar-refractivity contribution is 7.90. The highest BCUT2D eigenvalue weighted by Gasteiger charge is 2.23. The quantitative estimate of drug-likeness (QED) is 0.385. The van der Waals surface area contributed by atoms with E-state index in [0.717, 1.165) is 6.07 Å². The molecule has 0 unspecified atom stereocenters. The molecule has 0 aliphatic rings. The lowest BCUT2D eigenvalue weighted by Crippen LogP contribution is -2.09. The molecular weight excluding hydrogens is 491 g/mol. The molecule has 0 aliphatic heterocycles. The maximum absolute atomic E-state index is 14.6. The summed E-state index contributed by atoms with van der Waals surface area (Å²) in [4.78, 5) is -0.147. The van der Waals surface area contributed by atoms with E-state index in [9.17, 15) is 17.9 Å². The van der Waals surface area contributed by atoms with Crippen LogP contribution in [0.2, 0.25) is 0 Å². The van der Waals surface area contributed by atoms with Crippen molar-refractivity contribution in [1.82, 2.24) is 0 Å². The molecule has 0 atom stereocenters. The monoisotopic (exact) mass is 518 g/mol. The molecular formula is C26H27FO8S. The van der Waals surface area contributed by atoms with E-state index in [4.69, 9.17) is 23.7 Å². The van der Waals surface area contributed by atoms with E-state index < -0.39 is 21.4 Å². The number of phenols is 1. The number of halogens is 1. The SMILES string of the molecule is COc1ccc(S(=O)(=O)Cc2c(/C=C\c3cc(OC)c(OC)c(OC)c3)ccc(F)c2OC)cc1O. The Kier molecular flexibility index (Phi) is 8.31. The van der Waals surface area contributed by atoms with Gasteiger partial charge < -0.3 is 28.8 Å². The smallest absolute Gasteiger partial charge is 0.203 e. The number of sulfone groups is 1. The molecule has 8 nitrogen and oxygen atoms in total. The van der Waals surface area contributed by atoms with Gasteiger partial charge >= 0.3 is 0 Å². The zero-order valence-electron chi connectivity index (χ0n) is 20.5. The summed E-state index contributed by atoms with van der Waals surface area (Å²) in [6.45, 7) is 0. The first-order valence-corrected chi connectivity index (χ1v) is 12.3. The molecule has 3 rings (SSSR count). The predicted molar refractivity (Wildman–Crippen MR) is 134 cm³/mol. The average Bonchev–Trinajstić information content (AvgIpc) is 2.87. The van der Waals surface area contributed by atoms with Crippen LogP contribution in [0.3, 0.4) is 0 Å². The van der Waals surface area contributed by atoms with Crippen LogP contribution in [-0.4, -0.2) is 49.1 Å². The summed E-state index contributed by atoms with van der Waals surface area (Å²) in [5.74, 6) is -0.359. The first-order chi connectivity index (χ1) is 17.2. The van der Waals surface area contributed by atoms with Crippen molar-refractivity contribution in [2.24, 2.45) is 0 Å². The lowest BCUT2D eigenvalue weighted by atomic mass is 10.0. The third kappa shape index (κ3) is 5.49. The molecule has 0 heterocycles. The van der Waals surface area contributed by atoms with Crippen molar-refractivity contribution in [1.29, 1.82) is 0 Å². The van der Waals surface area contributed by atoms with Crippen molar-refractivity contribution in [3.8, 4) is 34.5 Å². The minimum atomic E-state index is -4.00. The topological polar surface area (TPSA) is 101 Å². The number of phenolic OH excluding ortho intramolecular Hbond substituents is 1. The van der Waals surface area contributed by atoms with Gasteiger partial charge in [-0.1, -0.05) is 18.2 Å². The number of ether oxygens (including phenoxy) is 5. The van der Waals surface area contributed by atoms with Crippen LogP contribution in [0.5, 0.6) is 34.5 Å². The first kappa shape index (κ1) is 26.7. The van der Waals surface area contributed by atoms with Gasteiger partial charge in [-0.2, -0.15) is 0 Å². The maximum atomic E-state index is 14.6. The van der Waals surface area contributed by atoms with Gasteiger partial charge in [-0.05, 0) is 41.5 Å². The second kappa shape index (κ2) is 11.2. The summed E-state index contributed by atoms with van der Waals surface area (Å²) in [6, 6.07) is 9.84. The molecule has 0 amide bonds. The zero-order chi connectivity index (χ0) is 26.5. The second-order valence-corrected chi connectivity index (χ2v) is 9.52. The zero-order valence-corrected chi connectivity index (χ0v) is 21.3. The summed E-state index contributed by atoms with van der Waals surface area (Å²) in [5.41, 5.74) is 1.21. The standard InChI is InChI=1S/C26H27FO8S/c1-31-22-11-9-18(14-21(22)28)36(29,30)15-19-17(8-10-20(27)25(19)34-4)7-6-16-12-23(32-2)26(35-5)24(13-16)33-3/h6-14,28H,15H2,1-5H3/b7-6-. The normalized spacial score (nSPS) is 11.4. The van der Waals surface area contributed by atoms with Gasteiger partial charge in [-0.15, -0.1) is 0 Å². The van der Waals surface area contributed by atoms with E-state index >= 15 is 0 Å². The summed E-state index contributed by atoms with van der Waals surface area (Å²) >= 11 is 0. The van der Waals surface area contributed by atoms with Crippen LogP contribution < -0.4 is 23.7 Å². The van der Waals surface area contributed by atoms with Gasteiger partial charge in [0.2, 0.25) is 5.75 Å². The third-order valence-electron chi connectivity index (χ3n) is 5.44. The van der Waals surface area contributed by atoms with E-state index in [-0.39, 0.29) is 27.7 Å². The van der Waals surface area contributed by atoms with Crippen LogP contribution in [0.4, 0.5) is 4.39 Å². The van der Waals surface area contributed by atoms with E-state index in [0.29, 0.717) is 28.4 Å². The highest BCUT2D eigenvalue weighted by atomic mass is 32.2. The minimum absolute atomic E-state index is 0.122. The number of rotatable bonds is 10. The number of methoxy groups -OCH3 is 5. The Morgan fingerprint density at radius 3 is 1.92 bits per heavy atom. The molecule has 0 saturated heterocycles. The largest absolute Gasteiger partial charge is 0.504 e. The first-order valence-electron chi connectivity index (χ1n) is 10.6. The molecule has 0 saturated carbocycles. The Labute approximate surface area is 209 Å². The van der Waals surface area contributed by atoms with Crippen LogP contribution in [0.15, 0.2) is 47.4 Å². The van der Waals surface area contributed by atoms with Crippen LogP contribution >= 0.6 is 0 Å². The van der Waals surface area contributed by atoms with Crippen molar-refractivity contribution < 1.29 is 41.6 Å². The lowest BCUT2D eigenvalue weighted by molar-refractivity contribution is 0.324. The number of hydrogen-bond donors (Lipinski definition) is 1. The summed E-state index contributed by atoms with van der Waals surface area (Å²) in [5, 5.41) is 10.0. The van der Waals surface area contributed by atoms with Crippen LogP contribution in [-0.2, 0) is 15.6 Å². The summed E-state index contributed by atoms with van der Waals surface area (Å²) in [6.07, 6.45) is 3.34. The molecule has 3 aromatic carbocycles. The van der Waals surface area contributed by atoms with E-state index in [2.05, 4.69) is 0 Å². The van der Waals surface area contributed by atoms with Gasteiger partial charge in [-0.25, -0.2) is 12.8 Å². The van der Waals surface area contributed by atoms with Crippen LogP contribution in [0, 0.1) is 5.82 Å². The van der Waals surface area contributed by atoms with Gasteiger partial charge in [0.25, 0.3) is 0 Å². The number of benzene rings is 3. The highest BCUT2D eigenvalue weighted by Crippen LogP contribution is 2.39. The minimum Gasteiger partial charge on any atom is -0.504 e. The molecule has 0 aliphatic carbocycles. The number of hydrogen-bond acceptors (Lipinski definition) is 8. The molecule has 0 radical (unpaired) electrons. The van der Waals surface area contributed by atoms with Gasteiger partial charge in [-0.3, -0.25) is 0 Å². The average molecular weight is 519 g/mol. The van der Waals surface area contributed by atoms with Crippen molar-refractivity contribution in [2.45, 2.75) is 10.6 Å². The van der Waals surface area contributed by atoms with Crippen LogP contribution in [0.25, 0.3) is 12.2 Å². The van der Waals surface area contributed by atoms with E-state index in [1.54, 1.807) is 24.3 Å². The maximum Gasteiger partial charge on any atom is 0.203 e. The fourth-order valence-electron chi connectivity index (χ4n) is 3.66. The van der Waals surface area contributed by atoms with Crippen LogP contribution in [0.1, 0.15) is 16.7 Å². The van der Waals surface area contributed by atoms with Gasteiger partial charge in [0, 0.05) is 11.6 Å². The molecule has 36 heavy (non-hydrogen) atoms. The van der Waals surface area contributed by atoms with Gasteiger partial charge in [0.1, 0.15) is 0 Å². The Hall–Kier alpha value is -3.92. The Bertz CT molecular complexity index is 1360. The Balaban J connectivity index is 2.07. The Morgan fingerprint density at radius 2 is 1.39 bits per heavy atom. The molecule has 192 valence electrons. The third-order valence-corrected chi connectivity index (χ3v) is 7.08. The molecule has 0 fully saturated rings.